The van der Waals surface area contributed by atoms with Gasteiger partial charge in [-0.15, -0.1) is 0 Å². The molecule has 0 unspecified atom stereocenters. The molecule has 0 radical (unpaired) electrons. The van der Waals surface area contributed by atoms with Crippen LogP contribution in [0.1, 0.15) is 6.23 Å². The molecule has 0 aliphatic carbocycles. The molecule has 1 aliphatic rings. The van der Waals surface area contributed by atoms with E-state index in [9.17, 15) is 14.8 Å². The number of rotatable bonds is 4. The number of aliphatic hydroxyl groups is 2. The minimum Gasteiger partial charge on any atom is -0.387 e. The number of nitrogens with two attached hydrogens (primary N) is 1. The number of nitrogens with zero attached hydrogens (tertiary/aromatic N) is 2. The van der Waals surface area contributed by atoms with Crippen molar-refractivity contribution >= 4 is 13.6 Å². The number of aliphatic hydroxyl groups excluding tert-OH is 2. The first-order chi connectivity index (χ1) is 8.79. The lowest BCUT2D eigenvalue weighted by Gasteiger charge is -2.17. The van der Waals surface area contributed by atoms with E-state index >= 15 is 0 Å². The summed E-state index contributed by atoms with van der Waals surface area (Å²) in [5, 5.41) is 19.6. The van der Waals surface area contributed by atoms with Crippen LogP contribution < -0.4 is 5.73 Å². The maximum atomic E-state index is 10.6. The van der Waals surface area contributed by atoms with E-state index in [0.717, 1.165) is 0 Å². The van der Waals surface area contributed by atoms with E-state index in [1.807, 2.05) is 0 Å². The van der Waals surface area contributed by atoms with E-state index < -0.39 is 39.0 Å². The molecule has 2 rings (SSSR count). The van der Waals surface area contributed by atoms with Crippen LogP contribution in [0, 0.1) is 0 Å². The van der Waals surface area contributed by atoms with Crippen molar-refractivity contribution in [3.8, 4) is 0 Å². The molecule has 108 valence electrons. The fraction of sp³-hybridized carbons (Fsp3) is 0.625. The Bertz CT molecular complexity index is 488. The highest BCUT2D eigenvalue weighted by Crippen LogP contribution is 2.38. The first-order valence-electron chi connectivity index (χ1n) is 5.28. The molecule has 0 amide bonds. The van der Waals surface area contributed by atoms with Crippen molar-refractivity contribution in [2.75, 3.05) is 12.3 Å². The second kappa shape index (κ2) is 5.17. The molecule has 0 saturated carbocycles. The number of nitrogen functional groups attached to an aromatic ring is 1. The zero-order valence-electron chi connectivity index (χ0n) is 9.60. The quantitative estimate of drug-likeness (QED) is 0.403. The number of ether oxygens (including phenoxy) is 1. The topological polar surface area (TPSA) is 160 Å². The van der Waals surface area contributed by atoms with Crippen LogP contribution in [0.5, 0.6) is 0 Å². The van der Waals surface area contributed by atoms with E-state index in [2.05, 4.69) is 9.51 Å². The Morgan fingerprint density at radius 2 is 2.16 bits per heavy atom. The molecule has 2 heterocycles. The molecule has 19 heavy (non-hydrogen) atoms. The number of hydrogen-bond acceptors (Lipinski definition) is 7. The third-order valence-electron chi connectivity index (χ3n) is 2.71. The van der Waals surface area contributed by atoms with Crippen molar-refractivity contribution < 1.29 is 33.8 Å². The Morgan fingerprint density at radius 3 is 2.68 bits per heavy atom. The summed E-state index contributed by atoms with van der Waals surface area (Å²) in [6, 6.07) is 0. The molecule has 0 spiro atoms. The molecule has 1 fully saturated rings. The lowest BCUT2D eigenvalue weighted by molar-refractivity contribution is -0.0510. The van der Waals surface area contributed by atoms with Crippen molar-refractivity contribution in [2.24, 2.45) is 0 Å². The molecule has 10 nitrogen and oxygen atoms in total. The van der Waals surface area contributed by atoms with E-state index in [1.165, 1.54) is 17.1 Å². The summed E-state index contributed by atoms with van der Waals surface area (Å²) in [7, 11) is -4.67. The predicted octanol–water partition coefficient (Wildman–Crippen LogP) is -1.81. The van der Waals surface area contributed by atoms with Gasteiger partial charge in [-0.25, -0.2) is 9.55 Å². The van der Waals surface area contributed by atoms with E-state index in [4.69, 9.17) is 20.3 Å². The minimum absolute atomic E-state index is 0.216. The molecule has 1 aliphatic heterocycles. The van der Waals surface area contributed by atoms with Gasteiger partial charge in [0.05, 0.1) is 19.1 Å². The smallest absolute Gasteiger partial charge is 0.387 e. The Morgan fingerprint density at radius 1 is 1.47 bits per heavy atom. The van der Waals surface area contributed by atoms with E-state index in [-0.39, 0.29) is 5.82 Å². The van der Waals surface area contributed by atoms with Gasteiger partial charge in [0.25, 0.3) is 0 Å². The van der Waals surface area contributed by atoms with Crippen molar-refractivity contribution in [2.45, 2.75) is 24.5 Å². The van der Waals surface area contributed by atoms with Crippen LogP contribution in [0.3, 0.4) is 0 Å². The fourth-order valence-corrected chi connectivity index (χ4v) is 2.14. The summed E-state index contributed by atoms with van der Waals surface area (Å²) in [6.45, 7) is -0.562. The normalized spacial score (nSPS) is 31.8. The Balaban J connectivity index is 2.07. The highest BCUT2D eigenvalue weighted by Gasteiger charge is 2.44. The van der Waals surface area contributed by atoms with Gasteiger partial charge in [0, 0.05) is 0 Å². The zero-order chi connectivity index (χ0) is 14.2. The summed E-state index contributed by atoms with van der Waals surface area (Å²) >= 11 is 0. The molecule has 6 N–H and O–H groups in total. The summed E-state index contributed by atoms with van der Waals surface area (Å²) in [5.41, 5.74) is 5.59. The first kappa shape index (κ1) is 14.4. The fourth-order valence-electron chi connectivity index (χ4n) is 1.79. The number of imidazole rings is 1. The van der Waals surface area contributed by atoms with E-state index in [0.29, 0.717) is 0 Å². The van der Waals surface area contributed by atoms with Crippen molar-refractivity contribution in [3.63, 3.8) is 0 Å². The standard InChI is InChI=1S/C8H14N3O7P/c9-5-1-10-3-11(5)8-7(13)6(12)4(18-8)2-17-19(14,15)16/h1,3-4,6-8,12-13H,2,9H2,(H2,14,15,16)/t4-,6-,7+,8+/m1/s1. The predicted molar refractivity (Wildman–Crippen MR) is 60.6 cm³/mol. The molecule has 4 atom stereocenters. The Kier molecular flexibility index (Phi) is 3.92. The van der Waals surface area contributed by atoms with Crippen LogP contribution in [0.4, 0.5) is 5.82 Å². The van der Waals surface area contributed by atoms with Gasteiger partial charge in [-0.1, -0.05) is 0 Å². The van der Waals surface area contributed by atoms with Gasteiger partial charge in [-0.05, 0) is 0 Å². The number of phosphoric ester groups is 1. The second-order valence-corrected chi connectivity index (χ2v) is 5.30. The summed E-state index contributed by atoms with van der Waals surface area (Å²) in [4.78, 5) is 20.9. The summed E-state index contributed by atoms with van der Waals surface area (Å²) < 4.78 is 21.4. The van der Waals surface area contributed by atoms with E-state index in [1.54, 1.807) is 0 Å². The highest BCUT2D eigenvalue weighted by molar-refractivity contribution is 7.46. The van der Waals surface area contributed by atoms with Gasteiger partial charge in [-0.3, -0.25) is 9.09 Å². The number of hydrogen-bond donors (Lipinski definition) is 5. The van der Waals surface area contributed by atoms with Crippen LogP contribution >= 0.6 is 7.82 Å². The third kappa shape index (κ3) is 3.12. The third-order valence-corrected chi connectivity index (χ3v) is 3.20. The van der Waals surface area contributed by atoms with Crippen LogP contribution in [0.2, 0.25) is 0 Å². The Hall–Kier alpha value is -1.00. The maximum Gasteiger partial charge on any atom is 0.469 e. The van der Waals surface area contributed by atoms with Crippen LogP contribution in [-0.4, -0.2) is 54.5 Å². The molecular weight excluding hydrogens is 281 g/mol. The van der Waals surface area contributed by atoms with Crippen molar-refractivity contribution in [1.29, 1.82) is 0 Å². The monoisotopic (exact) mass is 295 g/mol. The Labute approximate surface area is 107 Å². The van der Waals surface area contributed by atoms with Crippen LogP contribution in [0.15, 0.2) is 12.5 Å². The molecule has 0 aromatic carbocycles. The molecule has 1 aromatic rings. The van der Waals surface area contributed by atoms with Gasteiger partial charge >= 0.3 is 7.82 Å². The molecule has 1 aromatic heterocycles. The van der Waals surface area contributed by atoms with Gasteiger partial charge in [0.1, 0.15) is 24.1 Å². The molecule has 0 bridgehead atoms. The van der Waals surface area contributed by atoms with Gasteiger partial charge in [0.2, 0.25) is 0 Å². The second-order valence-electron chi connectivity index (χ2n) is 4.06. The van der Waals surface area contributed by atoms with Crippen molar-refractivity contribution in [3.05, 3.63) is 12.5 Å². The van der Waals surface area contributed by atoms with Gasteiger partial charge in [0.15, 0.2) is 6.23 Å². The highest BCUT2D eigenvalue weighted by atomic mass is 31.2. The number of phosphoric acid groups is 1. The molecule has 11 heteroatoms. The lowest BCUT2D eigenvalue weighted by atomic mass is 10.1. The van der Waals surface area contributed by atoms with Crippen LogP contribution in [0.25, 0.3) is 0 Å². The summed E-state index contributed by atoms with van der Waals surface area (Å²) in [6.07, 6.45) is -2.12. The lowest BCUT2D eigenvalue weighted by Crippen LogP contribution is -2.33. The largest absolute Gasteiger partial charge is 0.469 e. The number of anilines is 1. The minimum atomic E-state index is -4.67. The van der Waals surface area contributed by atoms with Gasteiger partial charge in [-0.2, -0.15) is 0 Å². The molecule has 1 saturated heterocycles. The average molecular weight is 295 g/mol. The van der Waals surface area contributed by atoms with Gasteiger partial charge < -0.3 is 30.5 Å². The maximum absolute atomic E-state index is 10.6. The average Bonchev–Trinajstić information content (AvgIpc) is 2.83. The molecular formula is C8H14N3O7P. The summed E-state index contributed by atoms with van der Waals surface area (Å²) in [5.74, 6) is 0.216. The van der Waals surface area contributed by atoms with Crippen molar-refractivity contribution in [1.82, 2.24) is 9.55 Å². The first-order valence-corrected chi connectivity index (χ1v) is 6.81. The number of aromatic nitrogens is 2. The van der Waals surface area contributed by atoms with Crippen LogP contribution in [-0.2, 0) is 13.8 Å². The zero-order valence-corrected chi connectivity index (χ0v) is 10.5. The SMILES string of the molecule is Nc1cncn1[C@H]1O[C@H](COP(=O)(O)O)[C@@H](O)[C@@H]1O.